The molecule has 8 nitrogen and oxygen atoms in total. The molecule has 108 valence electrons. The minimum absolute atomic E-state index is 0.0410. The standard InChI is InChI=1S/C13H12N4O4/c1-8-5-15-9(6-14-8)7-16-12-4-10(17(20)21)2-3-11(12)13(18)19/h2-6,16H,7H2,1H3,(H,18,19). The second kappa shape index (κ2) is 5.95. The molecule has 2 N–H and O–H groups in total. The van der Waals surface area contributed by atoms with Gasteiger partial charge in [0.15, 0.2) is 0 Å². The number of hydrogen-bond donors (Lipinski definition) is 2. The topological polar surface area (TPSA) is 118 Å². The first-order chi connectivity index (χ1) is 9.97. The summed E-state index contributed by atoms with van der Waals surface area (Å²) in [7, 11) is 0. The first-order valence-electron chi connectivity index (χ1n) is 6.00. The van der Waals surface area contributed by atoms with Gasteiger partial charge in [0.1, 0.15) is 0 Å². The van der Waals surface area contributed by atoms with Gasteiger partial charge in [0, 0.05) is 18.3 Å². The minimum Gasteiger partial charge on any atom is -0.478 e. The molecule has 0 radical (unpaired) electrons. The van der Waals surface area contributed by atoms with Gasteiger partial charge in [-0.05, 0) is 13.0 Å². The second-order valence-electron chi connectivity index (χ2n) is 4.29. The van der Waals surface area contributed by atoms with Crippen LogP contribution in [0.5, 0.6) is 0 Å². The number of carboxylic acid groups (broad SMARTS) is 1. The fraction of sp³-hybridized carbons (Fsp3) is 0.154. The van der Waals surface area contributed by atoms with E-state index in [1.165, 1.54) is 12.1 Å². The van der Waals surface area contributed by atoms with Crippen LogP contribution in [0.2, 0.25) is 0 Å². The maximum Gasteiger partial charge on any atom is 0.337 e. The van der Waals surface area contributed by atoms with Crippen LogP contribution in [0.3, 0.4) is 0 Å². The molecule has 1 heterocycles. The summed E-state index contributed by atoms with van der Waals surface area (Å²) in [5.74, 6) is -1.16. The zero-order valence-electron chi connectivity index (χ0n) is 11.1. The number of aromatic nitrogens is 2. The zero-order valence-corrected chi connectivity index (χ0v) is 11.1. The highest BCUT2D eigenvalue weighted by Gasteiger charge is 2.15. The van der Waals surface area contributed by atoms with Gasteiger partial charge in [-0.1, -0.05) is 0 Å². The molecule has 0 aliphatic carbocycles. The fourth-order valence-corrected chi connectivity index (χ4v) is 1.67. The molecule has 0 aliphatic heterocycles. The van der Waals surface area contributed by atoms with E-state index in [2.05, 4.69) is 15.3 Å². The number of aryl methyl sites for hydroxylation is 1. The molecule has 0 unspecified atom stereocenters. The number of nitrogens with zero attached hydrogens (tertiary/aromatic N) is 3. The smallest absolute Gasteiger partial charge is 0.337 e. The SMILES string of the molecule is Cc1cnc(CNc2cc([N+](=O)[O-])ccc2C(=O)O)cn1. The van der Waals surface area contributed by atoms with E-state index in [0.717, 1.165) is 11.8 Å². The summed E-state index contributed by atoms with van der Waals surface area (Å²) >= 11 is 0. The van der Waals surface area contributed by atoms with E-state index in [0.29, 0.717) is 5.69 Å². The fourth-order valence-electron chi connectivity index (χ4n) is 1.67. The van der Waals surface area contributed by atoms with Crippen molar-refractivity contribution >= 4 is 17.3 Å². The Morgan fingerprint density at radius 3 is 2.71 bits per heavy atom. The highest BCUT2D eigenvalue weighted by atomic mass is 16.6. The van der Waals surface area contributed by atoms with E-state index < -0.39 is 10.9 Å². The zero-order chi connectivity index (χ0) is 15.4. The van der Waals surface area contributed by atoms with E-state index in [-0.39, 0.29) is 23.5 Å². The Hall–Kier alpha value is -3.03. The van der Waals surface area contributed by atoms with Gasteiger partial charge in [-0.2, -0.15) is 0 Å². The lowest BCUT2D eigenvalue weighted by molar-refractivity contribution is -0.384. The number of rotatable bonds is 5. The molecular formula is C13H12N4O4. The highest BCUT2D eigenvalue weighted by molar-refractivity contribution is 5.94. The molecule has 1 aromatic carbocycles. The maximum absolute atomic E-state index is 11.1. The van der Waals surface area contributed by atoms with Gasteiger partial charge in [0.2, 0.25) is 0 Å². The number of aromatic carboxylic acids is 1. The lowest BCUT2D eigenvalue weighted by Gasteiger charge is -2.09. The summed E-state index contributed by atoms with van der Waals surface area (Å²) in [6, 6.07) is 3.54. The monoisotopic (exact) mass is 288 g/mol. The van der Waals surface area contributed by atoms with Crippen LogP contribution in [0.25, 0.3) is 0 Å². The Labute approximate surface area is 119 Å². The van der Waals surface area contributed by atoms with Gasteiger partial charge in [0.05, 0.1) is 40.3 Å². The molecule has 8 heteroatoms. The summed E-state index contributed by atoms with van der Waals surface area (Å²) < 4.78 is 0. The first kappa shape index (κ1) is 14.4. The largest absolute Gasteiger partial charge is 0.478 e. The van der Waals surface area contributed by atoms with Crippen molar-refractivity contribution < 1.29 is 14.8 Å². The van der Waals surface area contributed by atoms with Crippen molar-refractivity contribution in [3.63, 3.8) is 0 Å². The lowest BCUT2D eigenvalue weighted by Crippen LogP contribution is -2.08. The van der Waals surface area contributed by atoms with E-state index >= 15 is 0 Å². The van der Waals surface area contributed by atoms with E-state index in [4.69, 9.17) is 5.11 Å². The molecule has 0 bridgehead atoms. The maximum atomic E-state index is 11.1. The van der Waals surface area contributed by atoms with Gasteiger partial charge >= 0.3 is 5.97 Å². The summed E-state index contributed by atoms with van der Waals surface area (Å²) in [4.78, 5) is 29.5. The Kier molecular flexibility index (Phi) is 4.07. The highest BCUT2D eigenvalue weighted by Crippen LogP contribution is 2.23. The van der Waals surface area contributed by atoms with E-state index in [9.17, 15) is 14.9 Å². The van der Waals surface area contributed by atoms with Gasteiger partial charge in [-0.15, -0.1) is 0 Å². The third-order valence-electron chi connectivity index (χ3n) is 2.74. The number of anilines is 1. The average Bonchev–Trinajstić information content (AvgIpc) is 2.46. The number of nitro benzene ring substituents is 1. The predicted molar refractivity (Wildman–Crippen MR) is 74.2 cm³/mol. The van der Waals surface area contributed by atoms with Crippen LogP contribution < -0.4 is 5.32 Å². The number of nitro groups is 1. The summed E-state index contributed by atoms with van der Waals surface area (Å²) in [6.07, 6.45) is 3.14. The molecule has 0 saturated carbocycles. The molecule has 0 fully saturated rings. The Morgan fingerprint density at radius 2 is 2.14 bits per heavy atom. The molecule has 0 spiro atoms. The normalized spacial score (nSPS) is 10.1. The van der Waals surface area contributed by atoms with Crippen LogP contribution in [0, 0.1) is 17.0 Å². The van der Waals surface area contributed by atoms with Crippen LogP contribution in [0.4, 0.5) is 11.4 Å². The lowest BCUT2D eigenvalue weighted by atomic mass is 10.1. The van der Waals surface area contributed by atoms with Crippen molar-refractivity contribution in [2.24, 2.45) is 0 Å². The average molecular weight is 288 g/mol. The van der Waals surface area contributed by atoms with Crippen molar-refractivity contribution in [1.29, 1.82) is 0 Å². The Morgan fingerprint density at radius 1 is 1.38 bits per heavy atom. The van der Waals surface area contributed by atoms with E-state index in [1.807, 2.05) is 0 Å². The van der Waals surface area contributed by atoms with Crippen LogP contribution in [-0.4, -0.2) is 26.0 Å². The van der Waals surface area contributed by atoms with Gasteiger partial charge in [-0.3, -0.25) is 20.1 Å². The summed E-state index contributed by atoms with van der Waals surface area (Å²) in [5, 5.41) is 22.7. The quantitative estimate of drug-likeness (QED) is 0.638. The van der Waals surface area contributed by atoms with Gasteiger partial charge < -0.3 is 10.4 Å². The third-order valence-corrected chi connectivity index (χ3v) is 2.74. The molecule has 1 aromatic heterocycles. The van der Waals surface area contributed by atoms with Crippen LogP contribution >= 0.6 is 0 Å². The molecule has 2 aromatic rings. The Balaban J connectivity index is 2.24. The number of carbonyl (C=O) groups is 1. The van der Waals surface area contributed by atoms with Gasteiger partial charge in [0.25, 0.3) is 5.69 Å². The minimum atomic E-state index is -1.16. The Bertz CT molecular complexity index is 685. The number of carboxylic acids is 1. The number of benzene rings is 1. The molecule has 0 amide bonds. The summed E-state index contributed by atoms with van der Waals surface area (Å²) in [6.45, 7) is 2.02. The van der Waals surface area contributed by atoms with Crippen molar-refractivity contribution in [2.75, 3.05) is 5.32 Å². The van der Waals surface area contributed by atoms with Crippen LogP contribution in [0.1, 0.15) is 21.7 Å². The second-order valence-corrected chi connectivity index (χ2v) is 4.29. The molecule has 21 heavy (non-hydrogen) atoms. The number of non-ortho nitro benzene ring substituents is 1. The molecule has 0 saturated heterocycles. The van der Waals surface area contributed by atoms with Crippen LogP contribution in [-0.2, 0) is 6.54 Å². The van der Waals surface area contributed by atoms with Gasteiger partial charge in [-0.25, -0.2) is 4.79 Å². The number of nitrogens with one attached hydrogen (secondary N) is 1. The molecule has 0 atom stereocenters. The van der Waals surface area contributed by atoms with Crippen molar-refractivity contribution in [2.45, 2.75) is 13.5 Å². The number of hydrogen-bond acceptors (Lipinski definition) is 6. The van der Waals surface area contributed by atoms with Crippen molar-refractivity contribution in [3.8, 4) is 0 Å². The van der Waals surface area contributed by atoms with E-state index in [1.54, 1.807) is 19.3 Å². The first-order valence-corrected chi connectivity index (χ1v) is 6.00. The summed E-state index contributed by atoms with van der Waals surface area (Å²) in [5.41, 5.74) is 1.31. The third kappa shape index (κ3) is 3.50. The molecule has 0 aliphatic rings. The van der Waals surface area contributed by atoms with Crippen LogP contribution in [0.15, 0.2) is 30.6 Å². The molecule has 2 rings (SSSR count). The van der Waals surface area contributed by atoms with Crippen molar-refractivity contribution in [1.82, 2.24) is 9.97 Å². The predicted octanol–water partition coefficient (Wildman–Crippen LogP) is 2.00. The molecular weight excluding hydrogens is 276 g/mol. The van der Waals surface area contributed by atoms with Crippen molar-refractivity contribution in [3.05, 3.63) is 57.7 Å².